The second kappa shape index (κ2) is 20.0. The Morgan fingerprint density at radius 3 is 1.59 bits per heavy atom. The van der Waals surface area contributed by atoms with Crippen molar-refractivity contribution in [3.05, 3.63) is 228 Å². The van der Waals surface area contributed by atoms with Gasteiger partial charge in [-0.3, -0.25) is 4.57 Å². The number of para-hydroxylation sites is 3. The number of fused-ring (bicyclic) bond motifs is 10. The first-order valence-corrected chi connectivity index (χ1v) is 29.7. The van der Waals surface area contributed by atoms with Gasteiger partial charge in [0.2, 0.25) is 0 Å². The summed E-state index contributed by atoms with van der Waals surface area (Å²) in [5.41, 5.74) is 7.97. The van der Waals surface area contributed by atoms with Crippen molar-refractivity contribution < 1.29 is 17.1 Å². The molecule has 0 radical (unpaired) electrons. The van der Waals surface area contributed by atoms with Crippen LogP contribution in [0.25, 0.3) is 93.2 Å². The smallest absolute Gasteiger partial charge is 0.137 e. The van der Waals surface area contributed by atoms with Crippen molar-refractivity contribution in [3.8, 4) is 39.6 Å². The zero-order valence-electron chi connectivity index (χ0n) is 60.0. The lowest BCUT2D eigenvalue weighted by Gasteiger charge is -2.27. The first-order valence-electron chi connectivity index (χ1n) is 34.2. The van der Waals surface area contributed by atoms with Gasteiger partial charge in [0.25, 0.3) is 0 Å². The summed E-state index contributed by atoms with van der Waals surface area (Å²) in [7, 11) is 0. The second-order valence-corrected chi connectivity index (χ2v) is 27.5. The van der Waals surface area contributed by atoms with Crippen LogP contribution < -0.4 is 9.64 Å². The topological polar surface area (TPSA) is 35.2 Å². The number of hydrogen-bond donors (Lipinski definition) is 0. The van der Waals surface area contributed by atoms with Gasteiger partial charge < -0.3 is 14.2 Å². The van der Waals surface area contributed by atoms with Gasteiger partial charge in [-0.2, -0.15) is 0 Å². The number of nitrogens with zero attached hydrogens (tertiary/aromatic N) is 4. The van der Waals surface area contributed by atoms with E-state index in [4.69, 9.17) is 22.1 Å². The van der Waals surface area contributed by atoms with Crippen molar-refractivity contribution in [2.45, 2.75) is 137 Å². The quantitative estimate of drug-likeness (QED) is 0.166. The van der Waals surface area contributed by atoms with Crippen molar-refractivity contribution >= 4 is 76.5 Å². The van der Waals surface area contributed by atoms with Gasteiger partial charge in [0.05, 0.1) is 27.8 Å². The summed E-state index contributed by atoms with van der Waals surface area (Å²) in [4.78, 5) is 7.22. The van der Waals surface area contributed by atoms with Crippen LogP contribution in [0.3, 0.4) is 0 Å². The van der Waals surface area contributed by atoms with E-state index >= 15 is 0 Å². The van der Waals surface area contributed by atoms with E-state index in [0.717, 1.165) is 93.5 Å². The summed E-state index contributed by atoms with van der Waals surface area (Å²) in [6, 6.07) is 66.7. The highest BCUT2D eigenvalue weighted by Crippen LogP contribution is 2.48. The standard InChI is InChI=1S/C80H80N4O/c1-76(2,3)52-38-39-81-72(46-52)84-69-34-19-18-28-64(69)65-37-36-59(48-71(65)84)85-58-25-20-24-57(47-58)82-49-83-74-61(51-42-55(79(10,11)12)45-56(43-51)80(13,14)15)30-22-33-68(74)73-60(50-40-53(77(4,5)6)44-54(41-50)78(7,8)9)29-21-31-66(73)62-26-16-17-27-63(62)67-32-23-35-70(82)75(67)83/h16-48H,49H2,1-15H3/i10D3,11D3,12D3. The van der Waals surface area contributed by atoms with Gasteiger partial charge in [-0.25, -0.2) is 4.98 Å². The van der Waals surface area contributed by atoms with Gasteiger partial charge in [0, 0.05) is 63.5 Å². The third-order valence-corrected chi connectivity index (χ3v) is 17.4. The summed E-state index contributed by atoms with van der Waals surface area (Å²) >= 11 is 0. The number of anilines is 2. The number of pyridine rings is 1. The molecule has 12 aromatic rings. The molecule has 0 atom stereocenters. The SMILES string of the molecule is [2H]C([2H])([2H])C(c1cc(-c2cccc3c4c(-c5cc(C(C)(C)C)cc(C(C)(C)C)c5)cccc4c4ccccc4c4cccc5c4n(c23)CN5c2cccc(Oc3ccc4c5ccccc5n(-c5cc(C(C)(C)C)ccn5)c4c3)c2)cc(C(C)(C)C)c1)(C([2H])([2H])[2H])C([2H])([2H])[2H]. The molecule has 0 amide bonds. The number of aromatic nitrogens is 3. The molecule has 0 aliphatic carbocycles. The minimum Gasteiger partial charge on any atom is -0.457 e. The van der Waals surface area contributed by atoms with Gasteiger partial charge in [-0.05, 0) is 142 Å². The minimum atomic E-state index is -3.50. The third kappa shape index (κ3) is 9.89. The lowest BCUT2D eigenvalue weighted by Crippen LogP contribution is -2.17. The van der Waals surface area contributed by atoms with Gasteiger partial charge in [-0.15, -0.1) is 0 Å². The van der Waals surface area contributed by atoms with Gasteiger partial charge in [0.15, 0.2) is 0 Å². The maximum Gasteiger partial charge on any atom is 0.137 e. The average Bonchev–Trinajstić information content (AvgIpc) is 0.800. The van der Waals surface area contributed by atoms with Crippen molar-refractivity contribution in [1.29, 1.82) is 0 Å². The molecule has 1 aliphatic heterocycles. The highest BCUT2D eigenvalue weighted by molar-refractivity contribution is 6.25. The minimum absolute atomic E-state index is 0.0920. The van der Waals surface area contributed by atoms with E-state index in [1.54, 1.807) is 0 Å². The Labute approximate surface area is 515 Å². The molecule has 0 N–H and O–H groups in total. The molecular weight excluding hydrogens is 1030 g/mol. The molecular formula is C80H80N4O. The highest BCUT2D eigenvalue weighted by atomic mass is 16.5. The summed E-state index contributed by atoms with van der Waals surface area (Å²) in [5, 5.41) is 8.01. The van der Waals surface area contributed by atoms with Crippen LogP contribution in [0.4, 0.5) is 11.4 Å². The monoisotopic (exact) mass is 1120 g/mol. The van der Waals surface area contributed by atoms with Crippen LogP contribution in [0.1, 0.15) is 144 Å². The van der Waals surface area contributed by atoms with Crippen LogP contribution in [0.2, 0.25) is 0 Å². The number of rotatable bonds is 6. The van der Waals surface area contributed by atoms with E-state index in [-0.39, 0.29) is 28.5 Å². The predicted molar refractivity (Wildman–Crippen MR) is 364 cm³/mol. The summed E-state index contributed by atoms with van der Waals surface area (Å²) in [6.45, 7) is 15.8. The predicted octanol–water partition coefficient (Wildman–Crippen LogP) is 22.4. The normalized spacial score (nSPS) is 15.3. The lowest BCUT2D eigenvalue weighted by molar-refractivity contribution is 0.483. The lowest BCUT2D eigenvalue weighted by atomic mass is 9.78. The Kier molecular flexibility index (Phi) is 10.7. The van der Waals surface area contributed by atoms with Gasteiger partial charge >= 0.3 is 0 Å². The van der Waals surface area contributed by atoms with E-state index in [1.165, 1.54) is 28.8 Å². The molecule has 9 aromatic carbocycles. The summed E-state index contributed by atoms with van der Waals surface area (Å²) in [6.07, 6.45) is 1.89. The van der Waals surface area contributed by atoms with E-state index in [9.17, 15) is 0 Å². The van der Waals surface area contributed by atoms with Crippen LogP contribution in [0.5, 0.6) is 11.5 Å². The third-order valence-electron chi connectivity index (χ3n) is 17.4. The van der Waals surface area contributed by atoms with E-state index in [1.807, 2.05) is 63.4 Å². The molecule has 0 saturated carbocycles. The molecule has 1 aliphatic rings. The van der Waals surface area contributed by atoms with Gasteiger partial charge in [-0.1, -0.05) is 237 Å². The van der Waals surface area contributed by atoms with Crippen LogP contribution in [0, 0.1) is 0 Å². The molecule has 0 unspecified atom stereocenters. The zero-order chi connectivity index (χ0) is 67.2. The Balaban J connectivity index is 1.11. The summed E-state index contributed by atoms with van der Waals surface area (Å²) < 4.78 is 92.6. The van der Waals surface area contributed by atoms with Crippen LogP contribution >= 0.6 is 0 Å². The van der Waals surface area contributed by atoms with Crippen molar-refractivity contribution in [1.82, 2.24) is 14.1 Å². The Morgan fingerprint density at radius 1 is 0.400 bits per heavy atom. The second-order valence-electron chi connectivity index (χ2n) is 27.5. The first-order chi connectivity index (χ1) is 44.0. The number of ether oxygens (including phenoxy) is 1. The zero-order valence-corrected chi connectivity index (χ0v) is 51.0. The Morgan fingerprint density at radius 2 is 0.929 bits per heavy atom. The molecule has 0 fully saturated rings. The molecule has 0 saturated heterocycles. The van der Waals surface area contributed by atoms with Crippen LogP contribution in [-0.4, -0.2) is 14.1 Å². The largest absolute Gasteiger partial charge is 0.457 e. The van der Waals surface area contributed by atoms with Crippen molar-refractivity contribution in [2.75, 3.05) is 4.90 Å². The average molecular weight is 1120 g/mol. The maximum atomic E-state index is 9.01. The first kappa shape index (κ1) is 45.7. The molecule has 5 nitrogen and oxygen atoms in total. The Hall–Kier alpha value is -8.67. The van der Waals surface area contributed by atoms with E-state index in [2.05, 4.69) is 222 Å². The molecule has 5 heteroatoms. The molecule has 85 heavy (non-hydrogen) atoms. The fourth-order valence-electron chi connectivity index (χ4n) is 12.7. The number of benzene rings is 9. The highest BCUT2D eigenvalue weighted by Gasteiger charge is 2.29. The Bertz CT molecular complexity index is 5040. The molecule has 3 aromatic heterocycles. The van der Waals surface area contributed by atoms with E-state index < -0.39 is 31.4 Å². The molecule has 0 spiro atoms. The molecule has 0 bridgehead atoms. The summed E-state index contributed by atoms with van der Waals surface area (Å²) in [5.74, 6) is 2.09. The molecule has 13 rings (SSSR count). The fraction of sp³-hybridized carbons (Fsp3) is 0.263. The number of hydrogen-bond acceptors (Lipinski definition) is 3. The molecule has 426 valence electrons. The van der Waals surface area contributed by atoms with Crippen molar-refractivity contribution in [3.63, 3.8) is 0 Å². The molecule has 4 heterocycles. The maximum absolute atomic E-state index is 9.01. The van der Waals surface area contributed by atoms with E-state index in [0.29, 0.717) is 28.2 Å². The van der Waals surface area contributed by atoms with Crippen LogP contribution in [-0.2, 0) is 33.7 Å². The van der Waals surface area contributed by atoms with Crippen molar-refractivity contribution in [2.24, 2.45) is 0 Å². The van der Waals surface area contributed by atoms with Gasteiger partial charge in [0.1, 0.15) is 24.0 Å². The van der Waals surface area contributed by atoms with Crippen LogP contribution in [0.15, 0.2) is 200 Å². The fourth-order valence-corrected chi connectivity index (χ4v) is 12.7.